The Bertz CT molecular complexity index is 695. The minimum atomic E-state index is -0.00826. The molecule has 1 unspecified atom stereocenters. The van der Waals surface area contributed by atoms with Gasteiger partial charge in [0.2, 0.25) is 0 Å². The van der Waals surface area contributed by atoms with E-state index in [-0.39, 0.29) is 11.9 Å². The molecule has 0 bridgehead atoms. The summed E-state index contributed by atoms with van der Waals surface area (Å²) in [4.78, 5) is 14.4. The van der Waals surface area contributed by atoms with Crippen molar-refractivity contribution < 1.29 is 4.79 Å². The molecule has 0 aliphatic heterocycles. The molecule has 0 aromatic heterocycles. The molecular formula is C18H19BrN2O. The normalized spacial score (nSPS) is 16.2. The van der Waals surface area contributed by atoms with Crippen LogP contribution in [0, 0.1) is 0 Å². The van der Waals surface area contributed by atoms with Crippen LogP contribution < -0.4 is 10.2 Å². The van der Waals surface area contributed by atoms with Crippen molar-refractivity contribution in [1.82, 2.24) is 5.32 Å². The van der Waals surface area contributed by atoms with Crippen molar-refractivity contribution in [2.24, 2.45) is 0 Å². The lowest BCUT2D eigenvalue weighted by Crippen LogP contribution is -2.27. The van der Waals surface area contributed by atoms with Crippen LogP contribution in [0.1, 0.15) is 33.9 Å². The van der Waals surface area contributed by atoms with Gasteiger partial charge in [0.1, 0.15) is 0 Å². The van der Waals surface area contributed by atoms with E-state index in [1.54, 1.807) is 0 Å². The molecule has 22 heavy (non-hydrogen) atoms. The number of carbonyl (C=O) groups excluding carboxylic acids is 1. The number of carbonyl (C=O) groups is 1. The predicted molar refractivity (Wildman–Crippen MR) is 93.4 cm³/mol. The second-order valence-corrected chi connectivity index (χ2v) is 6.76. The Morgan fingerprint density at radius 1 is 1.18 bits per heavy atom. The number of hydrogen-bond acceptors (Lipinski definition) is 2. The van der Waals surface area contributed by atoms with Gasteiger partial charge in [-0.2, -0.15) is 0 Å². The van der Waals surface area contributed by atoms with Crippen molar-refractivity contribution in [3.8, 4) is 0 Å². The maximum Gasteiger partial charge on any atom is 0.251 e. The standard InChI is InChI=1S/C18H19BrN2O/c1-21(2)15-7-3-12(4-8-15)18(22)20-17-10-5-13-11-14(19)6-9-16(13)17/h3-4,6-9,11,17H,5,10H2,1-2H3,(H,20,22). The average Bonchev–Trinajstić information content (AvgIpc) is 2.89. The molecule has 0 spiro atoms. The fourth-order valence-electron chi connectivity index (χ4n) is 2.89. The first-order valence-corrected chi connectivity index (χ1v) is 8.20. The van der Waals surface area contributed by atoms with Gasteiger partial charge in [-0.1, -0.05) is 22.0 Å². The zero-order valence-electron chi connectivity index (χ0n) is 12.8. The number of aryl methyl sites for hydroxylation is 1. The highest BCUT2D eigenvalue weighted by Gasteiger charge is 2.24. The molecule has 0 radical (unpaired) electrons. The summed E-state index contributed by atoms with van der Waals surface area (Å²) in [6.45, 7) is 0. The van der Waals surface area contributed by atoms with E-state index in [0.717, 1.165) is 23.0 Å². The van der Waals surface area contributed by atoms with Crippen molar-refractivity contribution in [3.63, 3.8) is 0 Å². The van der Waals surface area contributed by atoms with E-state index in [4.69, 9.17) is 0 Å². The van der Waals surface area contributed by atoms with Gasteiger partial charge in [-0.15, -0.1) is 0 Å². The molecule has 0 saturated carbocycles. The molecule has 1 aliphatic rings. The van der Waals surface area contributed by atoms with Crippen LogP contribution >= 0.6 is 15.9 Å². The Morgan fingerprint density at radius 3 is 2.59 bits per heavy atom. The van der Waals surface area contributed by atoms with Crippen LogP contribution in [0.2, 0.25) is 0 Å². The Kier molecular flexibility index (Phi) is 4.21. The third-order valence-electron chi connectivity index (χ3n) is 4.13. The number of nitrogens with one attached hydrogen (secondary N) is 1. The molecule has 1 N–H and O–H groups in total. The second kappa shape index (κ2) is 6.13. The molecule has 2 aromatic rings. The van der Waals surface area contributed by atoms with Crippen LogP contribution in [0.5, 0.6) is 0 Å². The summed E-state index contributed by atoms with van der Waals surface area (Å²) in [5.41, 5.74) is 4.35. The van der Waals surface area contributed by atoms with E-state index in [1.165, 1.54) is 11.1 Å². The van der Waals surface area contributed by atoms with Crippen LogP contribution in [0.3, 0.4) is 0 Å². The number of nitrogens with zero attached hydrogens (tertiary/aromatic N) is 1. The monoisotopic (exact) mass is 358 g/mol. The first kappa shape index (κ1) is 15.1. The lowest BCUT2D eigenvalue weighted by molar-refractivity contribution is 0.0937. The number of hydrogen-bond donors (Lipinski definition) is 1. The smallest absolute Gasteiger partial charge is 0.251 e. The third kappa shape index (κ3) is 3.02. The molecule has 114 valence electrons. The quantitative estimate of drug-likeness (QED) is 0.901. The van der Waals surface area contributed by atoms with Gasteiger partial charge in [0.05, 0.1) is 6.04 Å². The van der Waals surface area contributed by atoms with E-state index in [1.807, 2.05) is 49.3 Å². The van der Waals surface area contributed by atoms with Gasteiger partial charge in [0.25, 0.3) is 5.91 Å². The number of rotatable bonds is 3. The number of amides is 1. The molecule has 3 rings (SSSR count). The highest BCUT2D eigenvalue weighted by Crippen LogP contribution is 2.33. The van der Waals surface area contributed by atoms with E-state index < -0.39 is 0 Å². The maximum absolute atomic E-state index is 12.4. The zero-order chi connectivity index (χ0) is 15.7. The van der Waals surface area contributed by atoms with Crippen molar-refractivity contribution in [2.45, 2.75) is 18.9 Å². The van der Waals surface area contributed by atoms with Crippen LogP contribution in [0.25, 0.3) is 0 Å². The molecule has 1 aliphatic carbocycles. The van der Waals surface area contributed by atoms with Gasteiger partial charge >= 0.3 is 0 Å². The van der Waals surface area contributed by atoms with Crippen LogP contribution in [-0.2, 0) is 6.42 Å². The first-order chi connectivity index (χ1) is 10.5. The van der Waals surface area contributed by atoms with E-state index in [9.17, 15) is 4.79 Å². The Balaban J connectivity index is 1.73. The van der Waals surface area contributed by atoms with Gasteiger partial charge < -0.3 is 10.2 Å². The van der Waals surface area contributed by atoms with Gasteiger partial charge in [0.15, 0.2) is 0 Å². The summed E-state index contributed by atoms with van der Waals surface area (Å²) >= 11 is 3.50. The van der Waals surface area contributed by atoms with E-state index in [2.05, 4.69) is 33.4 Å². The summed E-state index contributed by atoms with van der Waals surface area (Å²) in [5.74, 6) is -0.00826. The van der Waals surface area contributed by atoms with Crippen molar-refractivity contribution in [2.75, 3.05) is 19.0 Å². The van der Waals surface area contributed by atoms with E-state index in [0.29, 0.717) is 5.56 Å². The molecule has 0 fully saturated rings. The Morgan fingerprint density at radius 2 is 1.91 bits per heavy atom. The number of benzene rings is 2. The van der Waals surface area contributed by atoms with E-state index >= 15 is 0 Å². The molecule has 0 heterocycles. The number of fused-ring (bicyclic) bond motifs is 1. The van der Waals surface area contributed by atoms with Gasteiger partial charge in [-0.05, 0) is 60.4 Å². The fourth-order valence-corrected chi connectivity index (χ4v) is 3.30. The summed E-state index contributed by atoms with van der Waals surface area (Å²) in [7, 11) is 3.98. The second-order valence-electron chi connectivity index (χ2n) is 5.85. The molecule has 1 atom stereocenters. The van der Waals surface area contributed by atoms with Crippen molar-refractivity contribution >= 4 is 27.5 Å². The molecule has 2 aromatic carbocycles. The molecule has 1 amide bonds. The zero-order valence-corrected chi connectivity index (χ0v) is 14.4. The Hall–Kier alpha value is -1.81. The van der Waals surface area contributed by atoms with Gasteiger partial charge in [0, 0.05) is 29.8 Å². The maximum atomic E-state index is 12.4. The molecular weight excluding hydrogens is 340 g/mol. The van der Waals surface area contributed by atoms with Crippen LogP contribution in [-0.4, -0.2) is 20.0 Å². The third-order valence-corrected chi connectivity index (χ3v) is 4.63. The number of halogens is 1. The minimum absolute atomic E-state index is 0.00826. The summed E-state index contributed by atoms with van der Waals surface area (Å²) in [5, 5.41) is 3.15. The topological polar surface area (TPSA) is 32.3 Å². The number of anilines is 1. The first-order valence-electron chi connectivity index (χ1n) is 7.41. The van der Waals surface area contributed by atoms with Crippen LogP contribution in [0.4, 0.5) is 5.69 Å². The summed E-state index contributed by atoms with van der Waals surface area (Å²) in [6.07, 6.45) is 1.98. The fraction of sp³-hybridized carbons (Fsp3) is 0.278. The minimum Gasteiger partial charge on any atom is -0.378 e. The molecule has 4 heteroatoms. The highest BCUT2D eigenvalue weighted by molar-refractivity contribution is 9.10. The van der Waals surface area contributed by atoms with Crippen molar-refractivity contribution in [3.05, 3.63) is 63.6 Å². The Labute approximate surface area is 139 Å². The molecule has 3 nitrogen and oxygen atoms in total. The van der Waals surface area contributed by atoms with Gasteiger partial charge in [-0.3, -0.25) is 4.79 Å². The average molecular weight is 359 g/mol. The summed E-state index contributed by atoms with van der Waals surface area (Å²) < 4.78 is 1.09. The lowest BCUT2D eigenvalue weighted by Gasteiger charge is -2.16. The lowest BCUT2D eigenvalue weighted by atomic mass is 10.1. The highest BCUT2D eigenvalue weighted by atomic mass is 79.9. The predicted octanol–water partition coefficient (Wildman–Crippen LogP) is 3.93. The largest absolute Gasteiger partial charge is 0.378 e. The summed E-state index contributed by atoms with van der Waals surface area (Å²) in [6, 6.07) is 14.1. The molecule has 0 saturated heterocycles. The van der Waals surface area contributed by atoms with Crippen LogP contribution in [0.15, 0.2) is 46.9 Å². The van der Waals surface area contributed by atoms with Crippen molar-refractivity contribution in [1.29, 1.82) is 0 Å². The van der Waals surface area contributed by atoms with Gasteiger partial charge in [-0.25, -0.2) is 0 Å². The SMILES string of the molecule is CN(C)c1ccc(C(=O)NC2CCc3cc(Br)ccc32)cc1.